The second-order valence-electron chi connectivity index (χ2n) is 2.73. The molecule has 0 saturated heterocycles. The molecule has 0 spiro atoms. The lowest BCUT2D eigenvalue weighted by molar-refractivity contribution is 0.953. The molecule has 0 unspecified atom stereocenters. The van der Waals surface area contributed by atoms with Gasteiger partial charge in [-0.05, 0) is 25.5 Å². The zero-order valence-corrected chi connectivity index (χ0v) is 7.25. The molecule has 0 fully saturated rings. The number of rotatable bonds is 3. The van der Waals surface area contributed by atoms with E-state index in [0.29, 0.717) is 0 Å². The second kappa shape index (κ2) is 4.02. The van der Waals surface area contributed by atoms with E-state index < -0.39 is 0 Å². The van der Waals surface area contributed by atoms with Gasteiger partial charge in [0.1, 0.15) is 0 Å². The van der Waals surface area contributed by atoms with Crippen LogP contribution in [0.1, 0.15) is 25.5 Å². The Hall–Kier alpha value is -0.980. The van der Waals surface area contributed by atoms with Crippen molar-refractivity contribution >= 4 is 6.20 Å². The predicted molar refractivity (Wildman–Crippen MR) is 49.4 cm³/mol. The molecular formula is C10H15N. The third-order valence-corrected chi connectivity index (χ3v) is 1.71. The lowest BCUT2D eigenvalue weighted by atomic mass is 10.3. The first-order chi connectivity index (χ1) is 5.34. The highest BCUT2D eigenvalue weighted by Gasteiger charge is 1.86. The molecule has 1 heterocycles. The van der Waals surface area contributed by atoms with Crippen molar-refractivity contribution in [2.75, 3.05) is 0 Å². The average Bonchev–Trinajstić information content (AvgIpc) is 2.37. The van der Waals surface area contributed by atoms with Gasteiger partial charge in [-0.3, -0.25) is 0 Å². The smallest absolute Gasteiger partial charge is 0.0189 e. The average molecular weight is 149 g/mol. The van der Waals surface area contributed by atoms with Gasteiger partial charge in [-0.15, -0.1) is 0 Å². The summed E-state index contributed by atoms with van der Waals surface area (Å²) in [6, 6.07) is 4.17. The van der Waals surface area contributed by atoms with Crippen LogP contribution in [0.5, 0.6) is 0 Å². The lowest BCUT2D eigenvalue weighted by Crippen LogP contribution is -1.84. The van der Waals surface area contributed by atoms with Crippen molar-refractivity contribution in [1.82, 2.24) is 4.57 Å². The maximum Gasteiger partial charge on any atom is 0.0189 e. The van der Waals surface area contributed by atoms with E-state index in [4.69, 9.17) is 0 Å². The molecule has 0 radical (unpaired) electrons. The molecule has 0 bridgehead atoms. The van der Waals surface area contributed by atoms with E-state index >= 15 is 0 Å². The fourth-order valence-corrected chi connectivity index (χ4v) is 1.00. The quantitative estimate of drug-likeness (QED) is 0.622. The van der Waals surface area contributed by atoms with Crippen molar-refractivity contribution < 1.29 is 0 Å². The van der Waals surface area contributed by atoms with Gasteiger partial charge >= 0.3 is 0 Å². The lowest BCUT2D eigenvalue weighted by Gasteiger charge is -1.95. The largest absolute Gasteiger partial charge is 0.328 e. The van der Waals surface area contributed by atoms with Crippen LogP contribution in [0.15, 0.2) is 24.4 Å². The molecule has 1 rings (SSSR count). The number of aromatic nitrogens is 1. The molecule has 0 amide bonds. The third kappa shape index (κ3) is 2.26. The summed E-state index contributed by atoms with van der Waals surface area (Å²) in [6.07, 6.45) is 8.78. The van der Waals surface area contributed by atoms with Crippen molar-refractivity contribution in [3.63, 3.8) is 0 Å². The summed E-state index contributed by atoms with van der Waals surface area (Å²) in [6.45, 7) is 4.29. The Bertz CT molecular complexity index is 233. The number of aryl methyl sites for hydroxylation is 1. The van der Waals surface area contributed by atoms with Crippen molar-refractivity contribution in [3.05, 3.63) is 30.1 Å². The normalized spacial score (nSPS) is 11.1. The van der Waals surface area contributed by atoms with Crippen LogP contribution in [-0.2, 0) is 0 Å². The summed E-state index contributed by atoms with van der Waals surface area (Å²) in [5.74, 6) is 0. The minimum Gasteiger partial charge on any atom is -0.328 e. The number of allylic oxidation sites excluding steroid dienone is 1. The molecule has 0 aliphatic carbocycles. The molecule has 1 aromatic rings. The molecule has 0 aromatic carbocycles. The molecule has 11 heavy (non-hydrogen) atoms. The summed E-state index contributed by atoms with van der Waals surface area (Å²) in [7, 11) is 0. The summed E-state index contributed by atoms with van der Waals surface area (Å²) < 4.78 is 2.13. The monoisotopic (exact) mass is 149 g/mol. The summed E-state index contributed by atoms with van der Waals surface area (Å²) in [5.41, 5.74) is 1.29. The van der Waals surface area contributed by atoms with Crippen LogP contribution in [0.4, 0.5) is 0 Å². The molecule has 0 N–H and O–H groups in total. The van der Waals surface area contributed by atoms with Gasteiger partial charge in [0, 0.05) is 18.1 Å². The molecule has 60 valence electrons. The van der Waals surface area contributed by atoms with Crippen molar-refractivity contribution in [3.8, 4) is 0 Å². The van der Waals surface area contributed by atoms with Crippen molar-refractivity contribution in [2.24, 2.45) is 0 Å². The van der Waals surface area contributed by atoms with E-state index in [1.807, 2.05) is 0 Å². The Morgan fingerprint density at radius 3 is 2.91 bits per heavy atom. The van der Waals surface area contributed by atoms with Gasteiger partial charge in [0.05, 0.1) is 0 Å². The van der Waals surface area contributed by atoms with E-state index in [-0.39, 0.29) is 0 Å². The third-order valence-electron chi connectivity index (χ3n) is 1.71. The Kier molecular flexibility index (Phi) is 2.96. The molecule has 0 saturated carbocycles. The standard InChI is InChI=1S/C10H15N/c1-3-4-5-8-11-9-6-7-10(11)2/h5-9H,3-4H2,1-2H3. The van der Waals surface area contributed by atoms with E-state index in [0.717, 1.165) is 6.42 Å². The van der Waals surface area contributed by atoms with Gasteiger partial charge in [0.25, 0.3) is 0 Å². The number of hydrogen-bond donors (Lipinski definition) is 0. The Labute approximate surface area is 68.4 Å². The van der Waals surface area contributed by atoms with Crippen LogP contribution in [-0.4, -0.2) is 4.57 Å². The first kappa shape index (κ1) is 8.12. The number of hydrogen-bond acceptors (Lipinski definition) is 0. The zero-order chi connectivity index (χ0) is 8.10. The molecule has 0 aliphatic heterocycles. The van der Waals surface area contributed by atoms with E-state index in [9.17, 15) is 0 Å². The second-order valence-corrected chi connectivity index (χ2v) is 2.73. The maximum absolute atomic E-state index is 2.20. The maximum atomic E-state index is 2.20. The minimum atomic E-state index is 1.16. The first-order valence-electron chi connectivity index (χ1n) is 4.14. The highest BCUT2D eigenvalue weighted by atomic mass is 14.9. The van der Waals surface area contributed by atoms with Crippen LogP contribution < -0.4 is 0 Å². The van der Waals surface area contributed by atoms with Gasteiger partial charge in [-0.25, -0.2) is 0 Å². The Morgan fingerprint density at radius 1 is 1.55 bits per heavy atom. The van der Waals surface area contributed by atoms with Crippen LogP contribution >= 0.6 is 0 Å². The van der Waals surface area contributed by atoms with E-state index in [2.05, 4.69) is 49.0 Å². The SMILES string of the molecule is CCCC=Cn1cccc1C. The topological polar surface area (TPSA) is 4.93 Å². The van der Waals surface area contributed by atoms with E-state index in [1.165, 1.54) is 12.1 Å². The van der Waals surface area contributed by atoms with Gasteiger partial charge < -0.3 is 4.57 Å². The van der Waals surface area contributed by atoms with Crippen LogP contribution in [0.2, 0.25) is 0 Å². The highest BCUT2D eigenvalue weighted by molar-refractivity contribution is 5.27. The van der Waals surface area contributed by atoms with Crippen LogP contribution in [0.3, 0.4) is 0 Å². The fraction of sp³-hybridized carbons (Fsp3) is 0.400. The van der Waals surface area contributed by atoms with Crippen molar-refractivity contribution in [1.29, 1.82) is 0 Å². The summed E-state index contributed by atoms with van der Waals surface area (Å²) in [4.78, 5) is 0. The fourth-order valence-electron chi connectivity index (χ4n) is 1.00. The number of unbranched alkanes of at least 4 members (excludes halogenated alkanes) is 1. The summed E-state index contributed by atoms with van der Waals surface area (Å²) in [5, 5.41) is 0. The molecular weight excluding hydrogens is 134 g/mol. The van der Waals surface area contributed by atoms with Gasteiger partial charge in [-0.2, -0.15) is 0 Å². The van der Waals surface area contributed by atoms with Crippen LogP contribution in [0, 0.1) is 6.92 Å². The van der Waals surface area contributed by atoms with Gasteiger partial charge in [-0.1, -0.05) is 19.4 Å². The van der Waals surface area contributed by atoms with Gasteiger partial charge in [0.15, 0.2) is 0 Å². The predicted octanol–water partition coefficient (Wildman–Crippen LogP) is 3.07. The number of nitrogens with zero attached hydrogens (tertiary/aromatic N) is 1. The summed E-state index contributed by atoms with van der Waals surface area (Å²) >= 11 is 0. The minimum absolute atomic E-state index is 1.16. The Balaban J connectivity index is 2.56. The zero-order valence-electron chi connectivity index (χ0n) is 7.25. The molecule has 0 aliphatic rings. The van der Waals surface area contributed by atoms with E-state index in [1.54, 1.807) is 0 Å². The molecule has 1 heteroatoms. The van der Waals surface area contributed by atoms with Crippen LogP contribution in [0.25, 0.3) is 6.20 Å². The molecule has 1 nitrogen and oxygen atoms in total. The molecule has 0 atom stereocenters. The first-order valence-corrected chi connectivity index (χ1v) is 4.14. The van der Waals surface area contributed by atoms with Gasteiger partial charge in [0.2, 0.25) is 0 Å². The molecule has 1 aromatic heterocycles. The van der Waals surface area contributed by atoms with Crippen molar-refractivity contribution in [2.45, 2.75) is 26.7 Å². The Morgan fingerprint density at radius 2 is 2.36 bits per heavy atom. The highest BCUT2D eigenvalue weighted by Crippen LogP contribution is 2.01.